The van der Waals surface area contributed by atoms with Crippen LogP contribution < -0.4 is 0 Å². The predicted octanol–water partition coefficient (Wildman–Crippen LogP) is 0.639. The molecular formula is C15H20O6. The summed E-state index contributed by atoms with van der Waals surface area (Å²) in [5, 5.41) is 28.9. The highest BCUT2D eigenvalue weighted by Gasteiger charge is 2.44. The second kappa shape index (κ2) is 6.41. The van der Waals surface area contributed by atoms with Crippen molar-refractivity contribution in [3.05, 3.63) is 23.8 Å². The van der Waals surface area contributed by atoms with Crippen molar-refractivity contribution in [1.82, 2.24) is 0 Å². The molecule has 4 atom stereocenters. The number of carboxylic acid groups (broad SMARTS) is 1. The smallest absolute Gasteiger partial charge is 0.334 e. The molecule has 0 radical (unpaired) electrons. The van der Waals surface area contributed by atoms with Gasteiger partial charge in [0.2, 0.25) is 0 Å². The van der Waals surface area contributed by atoms with Crippen LogP contribution in [-0.4, -0.2) is 46.1 Å². The Labute approximate surface area is 122 Å². The Morgan fingerprint density at radius 1 is 1.48 bits per heavy atom. The Kier molecular flexibility index (Phi) is 4.80. The Bertz CT molecular complexity index is 481. The topological polar surface area (TPSA) is 104 Å². The van der Waals surface area contributed by atoms with Gasteiger partial charge in [-0.1, -0.05) is 12.7 Å². The van der Waals surface area contributed by atoms with E-state index in [1.54, 1.807) is 0 Å². The van der Waals surface area contributed by atoms with Gasteiger partial charge in [0.25, 0.3) is 0 Å². The summed E-state index contributed by atoms with van der Waals surface area (Å²) in [6.45, 7) is 3.44. The number of ether oxygens (including phenoxy) is 1. The van der Waals surface area contributed by atoms with Crippen molar-refractivity contribution in [2.75, 3.05) is 6.61 Å². The lowest BCUT2D eigenvalue weighted by atomic mass is 9.82. The molecule has 1 fully saturated rings. The van der Waals surface area contributed by atoms with E-state index in [2.05, 4.69) is 6.58 Å². The minimum absolute atomic E-state index is 0.158. The summed E-state index contributed by atoms with van der Waals surface area (Å²) in [5.41, 5.74) is 0.796. The van der Waals surface area contributed by atoms with Crippen LogP contribution in [-0.2, 0) is 14.3 Å². The summed E-state index contributed by atoms with van der Waals surface area (Å²) in [6.07, 6.45) is 1.57. The van der Waals surface area contributed by atoms with Crippen LogP contribution in [0.4, 0.5) is 0 Å². The SMILES string of the molecule is C=C1C(=O)O[C@H]2CC(C(=O)O)CCC/C(CO)=C/[C@@H](O)[C@H]12. The molecule has 116 valence electrons. The highest BCUT2D eigenvalue weighted by Crippen LogP contribution is 2.36. The van der Waals surface area contributed by atoms with Gasteiger partial charge in [0.15, 0.2) is 0 Å². The molecule has 0 spiro atoms. The van der Waals surface area contributed by atoms with Crippen LogP contribution in [0, 0.1) is 11.8 Å². The van der Waals surface area contributed by atoms with Crippen LogP contribution in [0.25, 0.3) is 0 Å². The van der Waals surface area contributed by atoms with E-state index < -0.39 is 36.0 Å². The Morgan fingerprint density at radius 2 is 2.19 bits per heavy atom. The first-order chi connectivity index (χ1) is 9.93. The molecule has 1 saturated heterocycles. The molecule has 1 unspecified atom stereocenters. The van der Waals surface area contributed by atoms with Crippen LogP contribution in [0.15, 0.2) is 23.8 Å². The molecule has 0 bridgehead atoms. The lowest BCUT2D eigenvalue weighted by Gasteiger charge is -2.25. The molecule has 0 saturated carbocycles. The zero-order valence-electron chi connectivity index (χ0n) is 11.7. The van der Waals surface area contributed by atoms with Crippen LogP contribution in [0.3, 0.4) is 0 Å². The van der Waals surface area contributed by atoms with E-state index in [0.29, 0.717) is 24.8 Å². The van der Waals surface area contributed by atoms with Gasteiger partial charge in [0.1, 0.15) is 6.10 Å². The average molecular weight is 296 g/mol. The fraction of sp³-hybridized carbons (Fsp3) is 0.600. The molecule has 1 heterocycles. The number of aliphatic hydroxyl groups is 2. The van der Waals surface area contributed by atoms with E-state index in [1.807, 2.05) is 0 Å². The first-order valence-corrected chi connectivity index (χ1v) is 7.05. The van der Waals surface area contributed by atoms with Gasteiger partial charge in [-0.25, -0.2) is 4.79 Å². The van der Waals surface area contributed by atoms with Crippen molar-refractivity contribution >= 4 is 11.9 Å². The number of esters is 1. The van der Waals surface area contributed by atoms with E-state index in [9.17, 15) is 24.9 Å². The number of hydrogen-bond acceptors (Lipinski definition) is 5. The first-order valence-electron chi connectivity index (χ1n) is 7.05. The summed E-state index contributed by atoms with van der Waals surface area (Å²) in [6, 6.07) is 0. The summed E-state index contributed by atoms with van der Waals surface area (Å²) in [4.78, 5) is 23.0. The fourth-order valence-electron chi connectivity index (χ4n) is 3.03. The van der Waals surface area contributed by atoms with Gasteiger partial charge in [-0.05, 0) is 31.3 Å². The monoisotopic (exact) mass is 296 g/mol. The van der Waals surface area contributed by atoms with Crippen LogP contribution in [0.1, 0.15) is 25.7 Å². The number of hydrogen-bond donors (Lipinski definition) is 3. The van der Waals surface area contributed by atoms with Crippen molar-refractivity contribution in [3.63, 3.8) is 0 Å². The molecule has 2 rings (SSSR count). The average Bonchev–Trinajstić information content (AvgIpc) is 2.71. The minimum atomic E-state index is -1.01. The van der Waals surface area contributed by atoms with Crippen LogP contribution in [0.2, 0.25) is 0 Å². The van der Waals surface area contributed by atoms with Gasteiger partial charge in [-0.2, -0.15) is 0 Å². The number of aliphatic carboxylic acids is 1. The third-order valence-corrected chi connectivity index (χ3v) is 4.22. The molecule has 0 aromatic carbocycles. The standard InChI is InChI=1S/C15H20O6/c1-8-13-11(17)5-9(7-16)3-2-4-10(14(18)19)6-12(13)21-15(8)20/h5,10-13,16-17H,1-4,6-7H2,(H,18,19)/b9-5-/t10?,11-,12+,13+/m1/s1. The largest absolute Gasteiger partial charge is 0.481 e. The zero-order chi connectivity index (χ0) is 15.6. The second-order valence-corrected chi connectivity index (χ2v) is 5.63. The molecule has 0 aromatic rings. The molecule has 6 heteroatoms. The van der Waals surface area contributed by atoms with E-state index in [0.717, 1.165) is 0 Å². The van der Waals surface area contributed by atoms with Gasteiger partial charge in [0.05, 0.1) is 24.5 Å². The summed E-state index contributed by atoms with van der Waals surface area (Å²) < 4.78 is 5.18. The highest BCUT2D eigenvalue weighted by molar-refractivity contribution is 5.91. The van der Waals surface area contributed by atoms with E-state index in [1.165, 1.54) is 6.08 Å². The fourth-order valence-corrected chi connectivity index (χ4v) is 3.03. The van der Waals surface area contributed by atoms with Gasteiger partial charge < -0.3 is 20.1 Å². The Hall–Kier alpha value is -1.66. The quantitative estimate of drug-likeness (QED) is 0.392. The number of rotatable bonds is 2. The second-order valence-electron chi connectivity index (χ2n) is 5.63. The third-order valence-electron chi connectivity index (χ3n) is 4.22. The molecule has 1 aliphatic carbocycles. The lowest BCUT2D eigenvalue weighted by Crippen LogP contribution is -2.32. The van der Waals surface area contributed by atoms with Crippen LogP contribution in [0.5, 0.6) is 0 Å². The van der Waals surface area contributed by atoms with Crippen molar-refractivity contribution < 1.29 is 29.6 Å². The highest BCUT2D eigenvalue weighted by atomic mass is 16.6. The van der Waals surface area contributed by atoms with Gasteiger partial charge in [-0.3, -0.25) is 4.79 Å². The molecule has 1 aliphatic heterocycles. The number of fused-ring (bicyclic) bond motifs is 1. The molecule has 0 aromatic heterocycles. The minimum Gasteiger partial charge on any atom is -0.481 e. The van der Waals surface area contributed by atoms with Crippen molar-refractivity contribution in [3.8, 4) is 0 Å². The molecule has 3 N–H and O–H groups in total. The lowest BCUT2D eigenvalue weighted by molar-refractivity contribution is -0.147. The predicted molar refractivity (Wildman–Crippen MR) is 73.3 cm³/mol. The van der Waals surface area contributed by atoms with Crippen molar-refractivity contribution in [2.24, 2.45) is 11.8 Å². The van der Waals surface area contributed by atoms with Gasteiger partial charge in [-0.15, -0.1) is 0 Å². The number of aliphatic hydroxyl groups excluding tert-OH is 2. The number of carbonyl (C=O) groups excluding carboxylic acids is 1. The summed E-state index contributed by atoms with van der Waals surface area (Å²) in [5.74, 6) is -2.82. The molecule has 21 heavy (non-hydrogen) atoms. The van der Waals surface area contributed by atoms with E-state index >= 15 is 0 Å². The van der Waals surface area contributed by atoms with Crippen molar-refractivity contribution in [1.29, 1.82) is 0 Å². The normalized spacial score (nSPS) is 36.4. The maximum atomic E-state index is 11.7. The molecular weight excluding hydrogens is 276 g/mol. The van der Waals surface area contributed by atoms with Crippen LogP contribution >= 0.6 is 0 Å². The first kappa shape index (κ1) is 15.7. The van der Waals surface area contributed by atoms with E-state index in [4.69, 9.17) is 4.74 Å². The summed E-state index contributed by atoms with van der Waals surface area (Å²) in [7, 11) is 0. The molecule has 0 amide bonds. The Morgan fingerprint density at radius 3 is 2.81 bits per heavy atom. The molecule has 2 aliphatic rings. The maximum Gasteiger partial charge on any atom is 0.334 e. The number of carbonyl (C=O) groups is 2. The third kappa shape index (κ3) is 3.33. The number of carboxylic acids is 1. The van der Waals surface area contributed by atoms with Crippen molar-refractivity contribution in [2.45, 2.75) is 37.9 Å². The van der Waals surface area contributed by atoms with Gasteiger partial charge >= 0.3 is 11.9 Å². The maximum absolute atomic E-state index is 11.7. The van der Waals surface area contributed by atoms with E-state index in [-0.39, 0.29) is 18.6 Å². The van der Waals surface area contributed by atoms with Gasteiger partial charge in [0, 0.05) is 5.57 Å². The summed E-state index contributed by atoms with van der Waals surface area (Å²) >= 11 is 0. The zero-order valence-corrected chi connectivity index (χ0v) is 11.7. The Balaban J connectivity index is 2.32. The molecule has 6 nitrogen and oxygen atoms in total.